The number of carbonyl (C=O) groups excluding carboxylic acids is 2. The second-order valence-electron chi connectivity index (χ2n) is 5.93. The Kier molecular flexibility index (Phi) is 4.68. The molecule has 7 heteroatoms. The van der Waals surface area contributed by atoms with E-state index in [0.717, 1.165) is 6.07 Å². The van der Waals surface area contributed by atoms with E-state index in [1.165, 1.54) is 24.1 Å². The topological polar surface area (TPSA) is 46.6 Å². The average Bonchev–Trinajstić information content (AvgIpc) is 2.80. The molecule has 1 atom stereocenters. The van der Waals surface area contributed by atoms with Crippen LogP contribution >= 0.6 is 0 Å². The van der Waals surface area contributed by atoms with Crippen LogP contribution < -0.4 is 0 Å². The lowest BCUT2D eigenvalue weighted by atomic mass is 10.0. The van der Waals surface area contributed by atoms with Gasteiger partial charge < -0.3 is 9.64 Å². The summed E-state index contributed by atoms with van der Waals surface area (Å²) in [6, 6.07) is 2.63. The van der Waals surface area contributed by atoms with E-state index >= 15 is 0 Å². The molecule has 23 heavy (non-hydrogen) atoms. The van der Waals surface area contributed by atoms with Crippen molar-refractivity contribution in [2.24, 2.45) is 5.92 Å². The number of methoxy groups -OCH3 is 1. The number of ether oxygens (including phenoxy) is 1. The van der Waals surface area contributed by atoms with Gasteiger partial charge in [0.15, 0.2) is 0 Å². The molecule has 0 saturated carbocycles. The minimum Gasteiger partial charge on any atom is -0.467 e. The molecule has 1 amide bonds. The van der Waals surface area contributed by atoms with Crippen molar-refractivity contribution in [2.75, 3.05) is 7.11 Å². The van der Waals surface area contributed by atoms with Crippen molar-refractivity contribution in [1.82, 2.24) is 4.90 Å². The fourth-order valence-corrected chi connectivity index (χ4v) is 2.80. The third-order valence-corrected chi connectivity index (χ3v) is 3.85. The molecule has 0 radical (unpaired) electrons. The second-order valence-corrected chi connectivity index (χ2v) is 5.93. The van der Waals surface area contributed by atoms with Crippen molar-refractivity contribution in [3.8, 4) is 0 Å². The molecule has 0 saturated heterocycles. The van der Waals surface area contributed by atoms with E-state index in [1.54, 1.807) is 0 Å². The number of nitrogens with zero attached hydrogens (tertiary/aromatic N) is 1. The summed E-state index contributed by atoms with van der Waals surface area (Å²) < 4.78 is 44.1. The zero-order chi connectivity index (χ0) is 17.4. The molecule has 0 unspecified atom stereocenters. The van der Waals surface area contributed by atoms with Gasteiger partial charge in [-0.05, 0) is 30.0 Å². The predicted octanol–water partition coefficient (Wildman–Crippen LogP) is 3.25. The van der Waals surface area contributed by atoms with E-state index in [1.807, 2.05) is 13.8 Å². The number of hydrogen-bond acceptors (Lipinski definition) is 3. The molecule has 2 rings (SSSR count). The van der Waals surface area contributed by atoms with Crippen LogP contribution in [0.15, 0.2) is 18.2 Å². The Morgan fingerprint density at radius 2 is 2.00 bits per heavy atom. The highest BCUT2D eigenvalue weighted by Gasteiger charge is 2.42. The van der Waals surface area contributed by atoms with Gasteiger partial charge in [-0.2, -0.15) is 13.2 Å². The molecule has 1 aliphatic rings. The number of benzene rings is 1. The van der Waals surface area contributed by atoms with Crippen molar-refractivity contribution < 1.29 is 27.5 Å². The molecule has 0 fully saturated rings. The monoisotopic (exact) mass is 329 g/mol. The van der Waals surface area contributed by atoms with Gasteiger partial charge in [-0.15, -0.1) is 0 Å². The van der Waals surface area contributed by atoms with Crippen LogP contribution in [0.4, 0.5) is 13.2 Å². The number of carbonyl (C=O) groups is 2. The van der Waals surface area contributed by atoms with Gasteiger partial charge in [-0.1, -0.05) is 19.9 Å². The maximum Gasteiger partial charge on any atom is 0.416 e. The minimum atomic E-state index is -4.54. The van der Waals surface area contributed by atoms with Crippen molar-refractivity contribution in [2.45, 2.75) is 39.0 Å². The van der Waals surface area contributed by atoms with E-state index < -0.39 is 29.7 Å². The van der Waals surface area contributed by atoms with E-state index in [-0.39, 0.29) is 23.6 Å². The van der Waals surface area contributed by atoms with Crippen LogP contribution in [0.1, 0.15) is 41.8 Å². The van der Waals surface area contributed by atoms with Crippen molar-refractivity contribution >= 4 is 11.9 Å². The molecule has 1 aromatic carbocycles. The fraction of sp³-hybridized carbons (Fsp3) is 0.500. The third-order valence-electron chi connectivity index (χ3n) is 3.85. The molecule has 0 N–H and O–H groups in total. The van der Waals surface area contributed by atoms with E-state index in [0.29, 0.717) is 6.42 Å². The average molecular weight is 329 g/mol. The first-order valence-electron chi connectivity index (χ1n) is 7.24. The van der Waals surface area contributed by atoms with E-state index in [9.17, 15) is 22.8 Å². The van der Waals surface area contributed by atoms with Gasteiger partial charge in [-0.25, -0.2) is 4.79 Å². The Morgan fingerprint density at radius 3 is 2.52 bits per heavy atom. The summed E-state index contributed by atoms with van der Waals surface area (Å²) >= 11 is 0. The van der Waals surface area contributed by atoms with Crippen LogP contribution in [-0.4, -0.2) is 29.9 Å². The SMILES string of the molecule is COC(=O)[C@H](CC(C)C)N1Cc2c(cccc2C(F)(F)F)C1=O. The van der Waals surface area contributed by atoms with Gasteiger partial charge >= 0.3 is 12.1 Å². The van der Waals surface area contributed by atoms with Gasteiger partial charge in [0.1, 0.15) is 6.04 Å². The molecule has 0 aliphatic carbocycles. The Morgan fingerprint density at radius 1 is 1.35 bits per heavy atom. The van der Waals surface area contributed by atoms with Gasteiger partial charge in [0.25, 0.3) is 5.91 Å². The highest BCUT2D eigenvalue weighted by atomic mass is 19.4. The van der Waals surface area contributed by atoms with Crippen LogP contribution in [0.25, 0.3) is 0 Å². The van der Waals surface area contributed by atoms with Crippen LogP contribution in [0.3, 0.4) is 0 Å². The van der Waals surface area contributed by atoms with E-state index in [2.05, 4.69) is 0 Å². The van der Waals surface area contributed by atoms with E-state index in [4.69, 9.17) is 4.74 Å². The maximum absolute atomic E-state index is 13.1. The zero-order valence-electron chi connectivity index (χ0n) is 13.1. The Labute approximate surface area is 132 Å². The molecule has 0 aromatic heterocycles. The second kappa shape index (κ2) is 6.22. The summed E-state index contributed by atoms with van der Waals surface area (Å²) in [7, 11) is 1.20. The number of amides is 1. The molecule has 1 heterocycles. The number of alkyl halides is 3. The first-order chi connectivity index (χ1) is 10.7. The predicted molar refractivity (Wildman–Crippen MR) is 76.6 cm³/mol. The van der Waals surface area contributed by atoms with Gasteiger partial charge in [0.05, 0.1) is 12.7 Å². The molecule has 0 spiro atoms. The largest absolute Gasteiger partial charge is 0.467 e. The van der Waals surface area contributed by atoms with Gasteiger partial charge in [-0.3, -0.25) is 4.79 Å². The zero-order valence-corrected chi connectivity index (χ0v) is 13.1. The normalized spacial score (nSPS) is 15.8. The lowest BCUT2D eigenvalue weighted by molar-refractivity contribution is -0.146. The number of esters is 1. The van der Waals surface area contributed by atoms with Crippen LogP contribution in [0, 0.1) is 5.92 Å². The quantitative estimate of drug-likeness (QED) is 0.797. The van der Waals surface area contributed by atoms with Crippen LogP contribution in [0.5, 0.6) is 0 Å². The smallest absolute Gasteiger partial charge is 0.416 e. The molecule has 1 aromatic rings. The van der Waals surface area contributed by atoms with Gasteiger partial charge in [0.2, 0.25) is 0 Å². The number of rotatable bonds is 4. The standard InChI is InChI=1S/C16H18F3NO3/c1-9(2)7-13(15(22)23-3)20-8-11-10(14(20)21)5-4-6-12(11)16(17,18)19/h4-6,9,13H,7-8H2,1-3H3/t13-/m0/s1. The van der Waals surface area contributed by atoms with Crippen molar-refractivity contribution in [1.29, 1.82) is 0 Å². The van der Waals surface area contributed by atoms with Gasteiger partial charge in [0, 0.05) is 12.1 Å². The fourth-order valence-electron chi connectivity index (χ4n) is 2.80. The lowest BCUT2D eigenvalue weighted by Crippen LogP contribution is -2.43. The van der Waals surface area contributed by atoms with Crippen LogP contribution in [-0.2, 0) is 22.3 Å². The lowest BCUT2D eigenvalue weighted by Gasteiger charge is -2.27. The van der Waals surface area contributed by atoms with Crippen LogP contribution in [0.2, 0.25) is 0 Å². The first-order valence-corrected chi connectivity index (χ1v) is 7.24. The summed E-state index contributed by atoms with van der Waals surface area (Å²) in [5.41, 5.74) is -0.917. The molecular formula is C16H18F3NO3. The Hall–Kier alpha value is -2.05. The third kappa shape index (κ3) is 3.33. The molecule has 126 valence electrons. The highest BCUT2D eigenvalue weighted by molar-refractivity contribution is 6.01. The summed E-state index contributed by atoms with van der Waals surface area (Å²) in [4.78, 5) is 25.6. The molecule has 1 aliphatic heterocycles. The maximum atomic E-state index is 13.1. The first kappa shape index (κ1) is 17.3. The molecule has 4 nitrogen and oxygen atoms in total. The van der Waals surface area contributed by atoms with Crippen molar-refractivity contribution in [3.63, 3.8) is 0 Å². The summed E-state index contributed by atoms with van der Waals surface area (Å²) in [6.07, 6.45) is -4.21. The number of fused-ring (bicyclic) bond motifs is 1. The summed E-state index contributed by atoms with van der Waals surface area (Å²) in [5, 5.41) is 0. The van der Waals surface area contributed by atoms with Crippen molar-refractivity contribution in [3.05, 3.63) is 34.9 Å². The number of hydrogen-bond donors (Lipinski definition) is 0. The number of halogens is 3. The highest BCUT2D eigenvalue weighted by Crippen LogP contribution is 2.38. The molecular weight excluding hydrogens is 311 g/mol. The minimum absolute atomic E-state index is 0.00233. The Balaban J connectivity index is 2.41. The summed E-state index contributed by atoms with van der Waals surface area (Å²) in [5.74, 6) is -1.10. The summed E-state index contributed by atoms with van der Waals surface area (Å²) in [6.45, 7) is 3.49. The Bertz CT molecular complexity index is 625. The molecule has 0 bridgehead atoms.